The largest absolute Gasteiger partial charge is 0.477 e. The van der Waals surface area contributed by atoms with E-state index in [0.717, 1.165) is 27.7 Å². The molecule has 1 saturated heterocycles. The third-order valence-electron chi connectivity index (χ3n) is 4.35. The van der Waals surface area contributed by atoms with Crippen LogP contribution in [0, 0.1) is 0 Å². The lowest BCUT2D eigenvalue weighted by Crippen LogP contribution is -2.71. The lowest BCUT2D eigenvalue weighted by molar-refractivity contribution is -0.150. The summed E-state index contributed by atoms with van der Waals surface area (Å²) in [5.41, 5.74) is 10.3. The van der Waals surface area contributed by atoms with Crippen LogP contribution in [0.1, 0.15) is 5.69 Å². The van der Waals surface area contributed by atoms with Crippen molar-refractivity contribution in [2.24, 2.45) is 10.9 Å². The van der Waals surface area contributed by atoms with Crippen molar-refractivity contribution in [3.8, 4) is 0 Å². The number of carboxylic acids is 1. The normalized spacial score (nSPS) is 20.7. The number of nitrogens with one attached hydrogen (secondary N) is 1. The Hall–Kier alpha value is -1.91. The number of oxime groups is 1. The van der Waals surface area contributed by atoms with Crippen LogP contribution in [-0.2, 0) is 14.4 Å². The molecule has 0 aromatic carbocycles. The highest BCUT2D eigenvalue weighted by atomic mass is 35.5. The van der Waals surface area contributed by atoms with Crippen molar-refractivity contribution < 1.29 is 24.7 Å². The zero-order chi connectivity index (χ0) is 24.1. The highest BCUT2D eigenvalue weighted by molar-refractivity contribution is 8.08. The number of fused-ring (bicyclic) bond motifs is 1. The molecule has 2 amide bonds. The number of carboxylic acid groups (broad SMARTS) is 1. The van der Waals surface area contributed by atoms with Gasteiger partial charge >= 0.3 is 5.97 Å². The molecule has 2 atom stereocenters. The molecule has 16 heteroatoms. The van der Waals surface area contributed by atoms with Crippen molar-refractivity contribution in [3.63, 3.8) is 0 Å². The van der Waals surface area contributed by atoms with Crippen molar-refractivity contribution in [2.75, 3.05) is 29.5 Å². The molecule has 0 saturated carbocycles. The first kappa shape index (κ1) is 25.7. The SMILES string of the molecule is NCCSC/C=C\SC1=C(C(=O)O)N2C(=O)C(NC(=O)/C(=N\O)c3nc(N)sc3Cl)[C@H]2SC1. The van der Waals surface area contributed by atoms with Gasteiger partial charge in [0.25, 0.3) is 11.8 Å². The smallest absolute Gasteiger partial charge is 0.353 e. The molecule has 178 valence electrons. The Balaban J connectivity index is 1.70. The zero-order valence-electron chi connectivity index (χ0n) is 16.8. The second-order valence-electron chi connectivity index (χ2n) is 6.41. The zero-order valence-corrected chi connectivity index (χ0v) is 20.8. The van der Waals surface area contributed by atoms with E-state index in [2.05, 4.69) is 15.5 Å². The lowest BCUT2D eigenvalue weighted by Gasteiger charge is -2.49. The molecule has 33 heavy (non-hydrogen) atoms. The fourth-order valence-electron chi connectivity index (χ4n) is 2.96. The van der Waals surface area contributed by atoms with E-state index in [1.54, 1.807) is 17.2 Å². The molecule has 1 aromatic heterocycles. The van der Waals surface area contributed by atoms with E-state index in [-0.39, 0.29) is 20.9 Å². The number of halogens is 1. The second-order valence-corrected chi connectivity index (χ2v) is 11.3. The maximum Gasteiger partial charge on any atom is 0.353 e. The van der Waals surface area contributed by atoms with Crippen molar-refractivity contribution >= 4 is 86.9 Å². The molecule has 11 nitrogen and oxygen atoms in total. The summed E-state index contributed by atoms with van der Waals surface area (Å²) < 4.78 is 0.0521. The van der Waals surface area contributed by atoms with E-state index < -0.39 is 34.9 Å². The van der Waals surface area contributed by atoms with E-state index in [1.165, 1.54) is 23.5 Å². The average Bonchev–Trinajstić information content (AvgIpc) is 3.11. The quantitative estimate of drug-likeness (QED) is 0.0926. The number of aromatic nitrogens is 1. The van der Waals surface area contributed by atoms with Gasteiger partial charge in [-0.05, 0) is 5.41 Å². The third kappa shape index (κ3) is 5.60. The molecular formula is C17H19ClN6O5S4. The number of rotatable bonds is 10. The summed E-state index contributed by atoms with van der Waals surface area (Å²) in [6.45, 7) is 0.587. The van der Waals surface area contributed by atoms with Crippen LogP contribution in [0.4, 0.5) is 5.13 Å². The molecule has 0 radical (unpaired) electrons. The van der Waals surface area contributed by atoms with Gasteiger partial charge in [0, 0.05) is 28.7 Å². The highest BCUT2D eigenvalue weighted by Crippen LogP contribution is 2.43. The number of aliphatic carboxylic acids is 1. The third-order valence-corrected chi connectivity index (χ3v) is 8.80. The summed E-state index contributed by atoms with van der Waals surface area (Å²) in [7, 11) is 0. The molecule has 1 aromatic rings. The number of hydrogen-bond donors (Lipinski definition) is 5. The fraction of sp³-hybridized carbons (Fsp3) is 0.353. The summed E-state index contributed by atoms with van der Waals surface area (Å²) in [5, 5.41) is 25.6. The minimum atomic E-state index is -1.23. The fourth-order valence-corrected chi connectivity index (χ4v) is 6.90. The van der Waals surface area contributed by atoms with E-state index >= 15 is 0 Å². The van der Waals surface area contributed by atoms with Crippen molar-refractivity contribution in [3.05, 3.63) is 32.1 Å². The molecule has 0 bridgehead atoms. The molecule has 2 aliphatic rings. The molecule has 3 heterocycles. The maximum absolute atomic E-state index is 12.8. The number of carbonyl (C=O) groups is 3. The van der Waals surface area contributed by atoms with Gasteiger partial charge < -0.3 is 27.1 Å². The number of β-lactam (4-membered cyclic amide) rings is 1. The van der Waals surface area contributed by atoms with Gasteiger partial charge in [-0.1, -0.05) is 45.9 Å². The first-order valence-electron chi connectivity index (χ1n) is 9.25. The minimum absolute atomic E-state index is 0.0521. The molecular weight excluding hydrogens is 532 g/mol. The van der Waals surface area contributed by atoms with Gasteiger partial charge in [0.2, 0.25) is 0 Å². The summed E-state index contributed by atoms with van der Waals surface area (Å²) in [5.74, 6) is -0.773. The molecule has 0 spiro atoms. The van der Waals surface area contributed by atoms with E-state index in [9.17, 15) is 24.7 Å². The van der Waals surface area contributed by atoms with Gasteiger partial charge in [-0.25, -0.2) is 9.78 Å². The number of carbonyl (C=O) groups excluding carboxylic acids is 2. The van der Waals surface area contributed by atoms with Crippen molar-refractivity contribution in [1.29, 1.82) is 0 Å². The molecule has 0 aliphatic carbocycles. The number of thiazole rings is 1. The Labute approximate surface area is 210 Å². The molecule has 1 fully saturated rings. The number of nitrogens with zero attached hydrogens (tertiary/aromatic N) is 3. The summed E-state index contributed by atoms with van der Waals surface area (Å²) >= 11 is 11.1. The van der Waals surface area contributed by atoms with Gasteiger partial charge in [-0.2, -0.15) is 11.8 Å². The van der Waals surface area contributed by atoms with Gasteiger partial charge in [-0.3, -0.25) is 14.5 Å². The van der Waals surface area contributed by atoms with Crippen molar-refractivity contribution in [1.82, 2.24) is 15.2 Å². The van der Waals surface area contributed by atoms with Crippen LogP contribution < -0.4 is 16.8 Å². The number of nitrogen functional groups attached to an aromatic ring is 1. The standard InChI is InChI=1S/C17H19ClN6O5S4/c18-12-8(22-17(20)33-12)9(23-29)13(25)21-10-14(26)24-11(16(27)28)7(6-32-15(10)24)31-4-1-3-30-5-2-19/h1,4,10,15,29H,2-3,5-6,19H2,(H2,20,22)(H,21,25)(H,27,28)/b4-1-,23-9-/t10?,15-/m1/s1. The molecule has 7 N–H and O–H groups in total. The number of nitrogens with two attached hydrogens (primary N) is 2. The van der Waals surface area contributed by atoms with E-state index in [4.69, 9.17) is 23.1 Å². The Morgan fingerprint density at radius 1 is 1.45 bits per heavy atom. The molecule has 3 rings (SSSR count). The highest BCUT2D eigenvalue weighted by Gasteiger charge is 2.54. The Bertz CT molecular complexity index is 1050. The number of hydrogen-bond acceptors (Lipinski definition) is 12. The van der Waals surface area contributed by atoms with Crippen LogP contribution in [0.2, 0.25) is 4.34 Å². The van der Waals surface area contributed by atoms with E-state index in [1.807, 2.05) is 6.08 Å². The Kier molecular flexibility index (Phi) is 8.95. The van der Waals surface area contributed by atoms with Gasteiger partial charge in [0.15, 0.2) is 10.8 Å². The van der Waals surface area contributed by atoms with Crippen LogP contribution in [0.15, 0.2) is 27.2 Å². The number of anilines is 1. The minimum Gasteiger partial charge on any atom is -0.477 e. The second kappa shape index (κ2) is 11.5. The summed E-state index contributed by atoms with van der Waals surface area (Å²) in [6.07, 6.45) is 1.90. The van der Waals surface area contributed by atoms with E-state index in [0.29, 0.717) is 17.2 Å². The predicted molar refractivity (Wildman–Crippen MR) is 133 cm³/mol. The van der Waals surface area contributed by atoms with Gasteiger partial charge in [0.1, 0.15) is 27.1 Å². The first-order valence-corrected chi connectivity index (χ1v) is 13.5. The molecule has 2 aliphatic heterocycles. The van der Waals surface area contributed by atoms with Crippen LogP contribution in [0.5, 0.6) is 0 Å². The first-order chi connectivity index (χ1) is 15.8. The van der Waals surface area contributed by atoms with Crippen LogP contribution >= 0.6 is 58.2 Å². The predicted octanol–water partition coefficient (Wildman–Crippen LogP) is 1.19. The van der Waals surface area contributed by atoms with Crippen LogP contribution in [0.3, 0.4) is 0 Å². The number of thioether (sulfide) groups is 3. The lowest BCUT2D eigenvalue weighted by atomic mass is 10.0. The van der Waals surface area contributed by atoms with Crippen LogP contribution in [0.25, 0.3) is 0 Å². The Morgan fingerprint density at radius 3 is 2.82 bits per heavy atom. The van der Waals surface area contributed by atoms with Gasteiger partial charge in [-0.15, -0.1) is 11.8 Å². The topological polar surface area (TPSA) is 184 Å². The summed E-state index contributed by atoms with van der Waals surface area (Å²) in [6, 6.07) is -1.00. The summed E-state index contributed by atoms with van der Waals surface area (Å²) in [4.78, 5) is 42.8. The molecule has 1 unspecified atom stereocenters. The van der Waals surface area contributed by atoms with Crippen molar-refractivity contribution in [2.45, 2.75) is 11.4 Å². The van der Waals surface area contributed by atoms with Crippen LogP contribution in [-0.4, -0.2) is 78.9 Å². The maximum atomic E-state index is 12.8. The van der Waals surface area contributed by atoms with Gasteiger partial charge in [0.05, 0.1) is 0 Å². The Morgan fingerprint density at radius 2 is 2.21 bits per heavy atom. The monoisotopic (exact) mass is 550 g/mol. The number of amides is 2. The average molecular weight is 551 g/mol.